The Morgan fingerprint density at radius 2 is 1.93 bits per heavy atom. The Labute approximate surface area is 169 Å². The van der Waals surface area contributed by atoms with Crippen molar-refractivity contribution in [3.63, 3.8) is 0 Å². The monoisotopic (exact) mass is 401 g/mol. The van der Waals surface area contributed by atoms with Crippen LogP contribution in [-0.2, 0) is 0 Å². The summed E-state index contributed by atoms with van der Waals surface area (Å²) >= 11 is 6.15. The lowest BCUT2D eigenvalue weighted by Crippen LogP contribution is -2.38. The van der Waals surface area contributed by atoms with Crippen LogP contribution in [0.1, 0.15) is 52.0 Å². The van der Waals surface area contributed by atoms with Crippen LogP contribution >= 0.6 is 11.6 Å². The Morgan fingerprint density at radius 1 is 1.18 bits per heavy atom. The van der Waals surface area contributed by atoms with Crippen molar-refractivity contribution in [2.75, 3.05) is 11.9 Å². The third-order valence-corrected chi connectivity index (χ3v) is 5.46. The summed E-state index contributed by atoms with van der Waals surface area (Å²) < 4.78 is 0. The highest BCUT2D eigenvalue weighted by molar-refractivity contribution is 6.33. The fraction of sp³-hybridized carbons (Fsp3) is 0.381. The molecule has 7 heteroatoms. The lowest BCUT2D eigenvalue weighted by molar-refractivity contribution is 0.0696. The average Bonchev–Trinajstić information content (AvgIpc) is 2.69. The first kappa shape index (κ1) is 20.1. The number of rotatable bonds is 6. The summed E-state index contributed by atoms with van der Waals surface area (Å²) in [6.07, 6.45) is 5.22. The molecule has 0 bridgehead atoms. The highest BCUT2D eigenvalue weighted by Crippen LogP contribution is 2.25. The number of hydrogen-bond donors (Lipinski definition) is 3. The number of aromatic carboxylic acids is 1. The maximum atomic E-state index is 12.5. The molecule has 6 nitrogen and oxygen atoms in total. The van der Waals surface area contributed by atoms with Crippen molar-refractivity contribution < 1.29 is 14.7 Å². The molecule has 0 spiro atoms. The largest absolute Gasteiger partial charge is 0.478 e. The van der Waals surface area contributed by atoms with E-state index in [1.165, 1.54) is 6.20 Å². The van der Waals surface area contributed by atoms with Crippen molar-refractivity contribution in [2.45, 2.75) is 38.6 Å². The average molecular weight is 402 g/mol. The van der Waals surface area contributed by atoms with Crippen LogP contribution in [0.25, 0.3) is 0 Å². The first-order chi connectivity index (χ1) is 13.4. The number of pyridine rings is 1. The standard InChI is InChI=1S/C21H24ClN3O3/c1-13-2-8-18(22)17(10-13)20(26)25-16-6-3-14(4-7-16)11-23-19-9-5-15(12-24-19)21(27)28/h2,5,8-10,12,14,16H,3-4,6-7,11H2,1H3,(H,23,24)(H,25,26)(H,27,28). The van der Waals surface area contributed by atoms with Gasteiger partial charge in [0.1, 0.15) is 5.82 Å². The summed E-state index contributed by atoms with van der Waals surface area (Å²) in [5.74, 6) is 0.0792. The number of aryl methyl sites for hydroxylation is 1. The van der Waals surface area contributed by atoms with E-state index in [0.29, 0.717) is 22.3 Å². The molecule has 0 saturated heterocycles. The second kappa shape index (κ2) is 9.06. The summed E-state index contributed by atoms with van der Waals surface area (Å²) in [5, 5.41) is 15.7. The van der Waals surface area contributed by atoms with Crippen LogP contribution in [0, 0.1) is 12.8 Å². The minimum absolute atomic E-state index is 0.113. The van der Waals surface area contributed by atoms with Crippen LogP contribution in [0.4, 0.5) is 5.82 Å². The molecule has 1 fully saturated rings. The van der Waals surface area contributed by atoms with E-state index in [-0.39, 0.29) is 17.5 Å². The molecule has 28 heavy (non-hydrogen) atoms. The molecule has 1 aromatic heterocycles. The van der Waals surface area contributed by atoms with Gasteiger partial charge in [-0.05, 0) is 62.8 Å². The molecular weight excluding hydrogens is 378 g/mol. The van der Waals surface area contributed by atoms with Crippen molar-refractivity contribution in [3.8, 4) is 0 Å². The van der Waals surface area contributed by atoms with Gasteiger partial charge in [-0.15, -0.1) is 0 Å². The molecule has 0 aliphatic heterocycles. The number of nitrogens with zero attached hydrogens (tertiary/aromatic N) is 1. The molecule has 1 aliphatic rings. The molecule has 1 aliphatic carbocycles. The molecule has 148 valence electrons. The Hall–Kier alpha value is -2.60. The summed E-state index contributed by atoms with van der Waals surface area (Å²) in [6, 6.07) is 8.85. The van der Waals surface area contributed by atoms with Crippen molar-refractivity contribution in [1.29, 1.82) is 0 Å². The molecule has 1 heterocycles. The number of hydrogen-bond acceptors (Lipinski definition) is 4. The van der Waals surface area contributed by atoms with Gasteiger partial charge in [-0.3, -0.25) is 4.79 Å². The lowest BCUT2D eigenvalue weighted by atomic mass is 9.86. The zero-order valence-corrected chi connectivity index (χ0v) is 16.5. The van der Waals surface area contributed by atoms with Crippen molar-refractivity contribution in [2.24, 2.45) is 5.92 Å². The van der Waals surface area contributed by atoms with Crippen LogP contribution in [0.15, 0.2) is 36.5 Å². The predicted molar refractivity (Wildman–Crippen MR) is 109 cm³/mol. The number of halogens is 1. The number of benzene rings is 1. The van der Waals surface area contributed by atoms with Crippen LogP contribution in [0.3, 0.4) is 0 Å². The van der Waals surface area contributed by atoms with Crippen LogP contribution in [0.5, 0.6) is 0 Å². The van der Waals surface area contributed by atoms with Crippen LogP contribution < -0.4 is 10.6 Å². The maximum Gasteiger partial charge on any atom is 0.337 e. The molecule has 0 unspecified atom stereocenters. The highest BCUT2D eigenvalue weighted by atomic mass is 35.5. The van der Waals surface area contributed by atoms with E-state index >= 15 is 0 Å². The number of nitrogens with one attached hydrogen (secondary N) is 2. The van der Waals surface area contributed by atoms with Crippen LogP contribution in [0.2, 0.25) is 5.02 Å². The first-order valence-electron chi connectivity index (χ1n) is 9.42. The molecule has 3 rings (SSSR count). The van der Waals surface area contributed by atoms with Gasteiger partial charge in [0.15, 0.2) is 0 Å². The van der Waals surface area contributed by atoms with Crippen molar-refractivity contribution in [3.05, 3.63) is 58.2 Å². The molecule has 2 aromatic rings. The topological polar surface area (TPSA) is 91.3 Å². The van der Waals surface area contributed by atoms with Gasteiger partial charge in [0, 0.05) is 18.8 Å². The Morgan fingerprint density at radius 3 is 2.57 bits per heavy atom. The van der Waals surface area contributed by atoms with Crippen LogP contribution in [-0.4, -0.2) is 34.6 Å². The first-order valence-corrected chi connectivity index (χ1v) is 9.80. The molecule has 1 saturated carbocycles. The SMILES string of the molecule is Cc1ccc(Cl)c(C(=O)NC2CCC(CNc3ccc(C(=O)O)cn3)CC2)c1. The summed E-state index contributed by atoms with van der Waals surface area (Å²) in [7, 11) is 0. The second-order valence-electron chi connectivity index (χ2n) is 7.29. The van der Waals surface area contributed by atoms with Gasteiger partial charge in [-0.2, -0.15) is 0 Å². The number of amides is 1. The smallest absolute Gasteiger partial charge is 0.337 e. The van der Waals surface area contributed by atoms with E-state index in [9.17, 15) is 9.59 Å². The minimum atomic E-state index is -0.980. The zero-order chi connectivity index (χ0) is 20.1. The number of carbonyl (C=O) groups excluding carboxylic acids is 1. The lowest BCUT2D eigenvalue weighted by Gasteiger charge is -2.29. The molecule has 1 aromatic carbocycles. The number of carboxylic acid groups (broad SMARTS) is 1. The number of carboxylic acids is 1. The molecular formula is C21H24ClN3O3. The highest BCUT2D eigenvalue weighted by Gasteiger charge is 2.23. The van der Waals surface area contributed by atoms with Gasteiger partial charge < -0.3 is 15.7 Å². The summed E-state index contributed by atoms with van der Waals surface area (Å²) in [4.78, 5) is 27.5. The normalized spacial score (nSPS) is 19.1. The third kappa shape index (κ3) is 5.23. The van der Waals surface area contributed by atoms with Gasteiger partial charge >= 0.3 is 5.97 Å². The molecule has 0 atom stereocenters. The number of aromatic nitrogens is 1. The molecule has 1 amide bonds. The Kier molecular flexibility index (Phi) is 6.52. The number of anilines is 1. The second-order valence-corrected chi connectivity index (χ2v) is 7.70. The van der Waals surface area contributed by atoms with E-state index in [1.54, 1.807) is 18.2 Å². The van der Waals surface area contributed by atoms with Gasteiger partial charge in [-0.1, -0.05) is 23.2 Å². The minimum Gasteiger partial charge on any atom is -0.478 e. The van der Waals surface area contributed by atoms with E-state index < -0.39 is 5.97 Å². The van der Waals surface area contributed by atoms with E-state index in [2.05, 4.69) is 15.6 Å². The van der Waals surface area contributed by atoms with E-state index in [0.717, 1.165) is 37.8 Å². The Bertz CT molecular complexity index is 846. The molecule has 0 radical (unpaired) electrons. The van der Waals surface area contributed by atoms with E-state index in [4.69, 9.17) is 16.7 Å². The van der Waals surface area contributed by atoms with Gasteiger partial charge in [0.25, 0.3) is 5.91 Å². The quantitative estimate of drug-likeness (QED) is 0.676. The van der Waals surface area contributed by atoms with Crippen molar-refractivity contribution in [1.82, 2.24) is 10.3 Å². The van der Waals surface area contributed by atoms with Gasteiger partial charge in [-0.25, -0.2) is 9.78 Å². The zero-order valence-electron chi connectivity index (χ0n) is 15.7. The maximum absolute atomic E-state index is 12.5. The Balaban J connectivity index is 1.44. The predicted octanol–water partition coefficient (Wildman–Crippen LogP) is 4.14. The summed E-state index contributed by atoms with van der Waals surface area (Å²) in [6.45, 7) is 2.72. The van der Waals surface area contributed by atoms with Gasteiger partial charge in [0.05, 0.1) is 16.1 Å². The number of carbonyl (C=O) groups is 2. The fourth-order valence-corrected chi connectivity index (χ4v) is 3.66. The summed E-state index contributed by atoms with van der Waals surface area (Å²) in [5.41, 5.74) is 1.71. The van der Waals surface area contributed by atoms with Crippen molar-refractivity contribution >= 4 is 29.3 Å². The molecule has 3 N–H and O–H groups in total. The third-order valence-electron chi connectivity index (χ3n) is 5.13. The fourth-order valence-electron chi connectivity index (χ4n) is 3.46. The van der Waals surface area contributed by atoms with E-state index in [1.807, 2.05) is 19.1 Å². The van der Waals surface area contributed by atoms with Gasteiger partial charge in [0.2, 0.25) is 0 Å².